The van der Waals surface area contributed by atoms with Gasteiger partial charge in [-0.25, -0.2) is 9.97 Å². The summed E-state index contributed by atoms with van der Waals surface area (Å²) in [6.07, 6.45) is 21.2. The summed E-state index contributed by atoms with van der Waals surface area (Å²) in [5, 5.41) is -0.278. The molecule has 0 amide bonds. The SMILES string of the molecule is CC(C)c1ccc(-c2ccc(Cl)c(C(F)(F)F)c2)cc1.CC(C)c1ccc(-c2cccnc2)cc1.CC(C)c1ccc(-c2ccncc2)cc1.CC(C)c1ccc(-c2cncnc2)cc1.CC(C)c1ccc(C2CCCCC2)cc1.CC(C)c1ccc(N2CCCCC2)cc1.Cc1cc(-c2ccc(C(C)C)cc2)ccn1.Cc1cccc(-c2ccc(C(C)C)cc2)c1. The van der Waals surface area contributed by atoms with Gasteiger partial charge in [0, 0.05) is 73.4 Å². The van der Waals surface area contributed by atoms with Gasteiger partial charge in [-0.05, 0) is 265 Å². The molecule has 0 N–H and O–H groups in total. The number of alkyl halides is 3. The van der Waals surface area contributed by atoms with E-state index >= 15 is 0 Å². The summed E-state index contributed by atoms with van der Waals surface area (Å²) in [7, 11) is 0. The molecule has 127 heavy (non-hydrogen) atoms. The molecular weight excluding hydrogens is 1580 g/mol. The van der Waals surface area contributed by atoms with E-state index in [9.17, 15) is 13.2 Å². The Bertz CT molecular complexity index is 5060. The van der Waals surface area contributed by atoms with E-state index < -0.39 is 11.7 Å². The number of benzene rings is 10. The first-order valence-corrected chi connectivity index (χ1v) is 46.3. The Hall–Kier alpha value is -11.4. The van der Waals surface area contributed by atoms with E-state index in [0.717, 1.165) is 34.4 Å². The molecule has 1 saturated carbocycles. The van der Waals surface area contributed by atoms with Gasteiger partial charge in [0.25, 0.3) is 0 Å². The standard InChI is InChI=1S/C16H14ClF3.C16H18.C15H17N.C15H22.2C14H15N.C14H21N.C13H14N2/c1-10(2)11-3-5-12(6-4-11)13-7-8-15(17)14(9-13)16(18,19)20;1-12(2)14-7-9-15(10-8-14)16-6-4-5-13(3)11-16;1-11(2)13-4-6-14(7-5-13)15-8-9-16-12(3)10-15;1-12(2)13-8-10-15(11-9-13)14-6-4-3-5-7-14;1-11(2)12-3-5-13(6-4-12)14-7-9-15-10-8-14;1-11(2)12-5-7-13(8-6-12)14-4-3-9-15-10-14;1-12(2)13-6-8-14(9-7-13)15-10-4-3-5-11-15;1-10(2)11-3-5-12(6-4-11)13-7-14-9-15-8-13/h3-10H,1-2H3;4-12H,1-3H3;4-11H,1-3H3;8-12,14H,3-7H2,1-2H3;2*3-11H,1-2H3;6-9,12H,3-5,10-11H2,1-2H3;3-10H,1-2H3. The Morgan fingerprint density at radius 1 is 0.299 bits per heavy atom. The second-order valence-corrected chi connectivity index (χ2v) is 36.4. The Labute approximate surface area is 765 Å². The van der Waals surface area contributed by atoms with Crippen molar-refractivity contribution in [1.29, 1.82) is 0 Å². The van der Waals surface area contributed by atoms with Crippen LogP contribution in [-0.2, 0) is 6.18 Å². The number of halogens is 4. The Balaban J connectivity index is 0.000000164. The molecule has 0 radical (unpaired) electrons. The monoisotopic (exact) mass is 1720 g/mol. The van der Waals surface area contributed by atoms with Crippen molar-refractivity contribution in [1.82, 2.24) is 24.9 Å². The van der Waals surface area contributed by atoms with Crippen molar-refractivity contribution in [2.75, 3.05) is 18.0 Å². The van der Waals surface area contributed by atoms with E-state index in [1.54, 1.807) is 24.2 Å². The molecule has 0 unspecified atom stereocenters. The molecule has 1 aliphatic carbocycles. The normalized spacial score (nSPS) is 12.5. The van der Waals surface area contributed by atoms with Gasteiger partial charge in [-0.15, -0.1) is 0 Å². The van der Waals surface area contributed by atoms with Gasteiger partial charge in [0.15, 0.2) is 0 Å². The number of anilines is 1. The predicted molar refractivity (Wildman–Crippen MR) is 537 cm³/mol. The predicted octanol–water partition coefficient (Wildman–Crippen LogP) is 34.8. The van der Waals surface area contributed by atoms with Crippen LogP contribution < -0.4 is 4.90 Å². The molecule has 10 aromatic carbocycles. The number of hydrogen-bond donors (Lipinski definition) is 0. The fourth-order valence-electron chi connectivity index (χ4n) is 15.2. The molecule has 2 aliphatic rings. The summed E-state index contributed by atoms with van der Waals surface area (Å²) in [5.74, 6) is 5.49. The van der Waals surface area contributed by atoms with Gasteiger partial charge in [-0.2, -0.15) is 13.2 Å². The minimum atomic E-state index is -4.44. The van der Waals surface area contributed by atoms with Gasteiger partial charge < -0.3 is 4.90 Å². The van der Waals surface area contributed by atoms with Crippen LogP contribution in [0.4, 0.5) is 18.9 Å². The molecule has 10 heteroatoms. The Kier molecular flexibility index (Phi) is 39.8. The second kappa shape index (κ2) is 50.8. The van der Waals surface area contributed by atoms with Crippen molar-refractivity contribution in [2.24, 2.45) is 0 Å². The molecule has 0 spiro atoms. The number of rotatable bonds is 16. The van der Waals surface area contributed by atoms with Gasteiger partial charge >= 0.3 is 6.18 Å². The molecular formula is C117H136ClF3N6. The molecule has 4 aromatic heterocycles. The summed E-state index contributed by atoms with van der Waals surface area (Å²) in [6, 6.07) is 94.5. The molecule has 14 aromatic rings. The highest BCUT2D eigenvalue weighted by atomic mass is 35.5. The first-order chi connectivity index (χ1) is 61.0. The molecule has 0 atom stereocenters. The highest BCUT2D eigenvalue weighted by molar-refractivity contribution is 6.31. The zero-order valence-corrected chi connectivity index (χ0v) is 79.3. The van der Waals surface area contributed by atoms with Crippen LogP contribution in [0.5, 0.6) is 0 Å². The molecule has 6 nitrogen and oxygen atoms in total. The van der Waals surface area contributed by atoms with Crippen molar-refractivity contribution in [3.05, 3.63) is 395 Å². The van der Waals surface area contributed by atoms with E-state index in [1.807, 2.05) is 86.6 Å². The molecule has 0 bridgehead atoms. The van der Waals surface area contributed by atoms with E-state index in [1.165, 1.54) is 171 Å². The van der Waals surface area contributed by atoms with Crippen molar-refractivity contribution >= 4 is 17.3 Å². The molecule has 662 valence electrons. The Morgan fingerprint density at radius 3 is 1.02 bits per heavy atom. The number of aromatic nitrogens is 5. The summed E-state index contributed by atoms with van der Waals surface area (Å²) >= 11 is 5.62. The highest BCUT2D eigenvalue weighted by Gasteiger charge is 2.33. The quantitative estimate of drug-likeness (QED) is 0.0960. The first-order valence-electron chi connectivity index (χ1n) is 46.0. The fraction of sp³-hybridized carbons (Fsp3) is 0.325. The lowest BCUT2D eigenvalue weighted by Gasteiger charge is -2.29. The van der Waals surface area contributed by atoms with E-state index in [0.29, 0.717) is 52.9 Å². The lowest BCUT2D eigenvalue weighted by Crippen LogP contribution is -2.29. The van der Waals surface area contributed by atoms with Crippen LogP contribution in [0.15, 0.2) is 323 Å². The number of hydrogen-bond acceptors (Lipinski definition) is 6. The smallest absolute Gasteiger partial charge is 0.372 e. The van der Waals surface area contributed by atoms with Crippen LogP contribution >= 0.6 is 11.6 Å². The maximum atomic E-state index is 12.8. The van der Waals surface area contributed by atoms with E-state index in [-0.39, 0.29) is 5.02 Å². The Morgan fingerprint density at radius 2 is 0.630 bits per heavy atom. The number of piperidine rings is 1. The third-order valence-corrected chi connectivity index (χ3v) is 23.8. The van der Waals surface area contributed by atoms with Crippen LogP contribution in [0.2, 0.25) is 5.02 Å². The maximum Gasteiger partial charge on any atom is 0.417 e. The third-order valence-electron chi connectivity index (χ3n) is 23.5. The van der Waals surface area contributed by atoms with Gasteiger partial charge in [-0.3, -0.25) is 15.0 Å². The maximum absolute atomic E-state index is 12.8. The van der Waals surface area contributed by atoms with E-state index in [4.69, 9.17) is 11.6 Å². The second-order valence-electron chi connectivity index (χ2n) is 36.0. The van der Waals surface area contributed by atoms with Crippen LogP contribution in [-0.4, -0.2) is 38.0 Å². The zero-order valence-electron chi connectivity index (χ0n) is 78.6. The van der Waals surface area contributed by atoms with Crippen molar-refractivity contribution in [2.45, 2.75) is 235 Å². The summed E-state index contributed by atoms with van der Waals surface area (Å²) < 4.78 is 38.5. The molecule has 2 fully saturated rings. The summed E-state index contributed by atoms with van der Waals surface area (Å²) in [6.45, 7) is 41.9. The van der Waals surface area contributed by atoms with Crippen LogP contribution in [0, 0.1) is 13.8 Å². The number of aryl methyl sites for hydroxylation is 2. The number of nitrogens with zero attached hydrogens (tertiary/aromatic N) is 6. The van der Waals surface area contributed by atoms with Crippen LogP contribution in [0.3, 0.4) is 0 Å². The minimum Gasteiger partial charge on any atom is -0.372 e. The van der Waals surface area contributed by atoms with Gasteiger partial charge in [0.1, 0.15) is 6.33 Å². The molecule has 16 rings (SSSR count). The average molecular weight is 1720 g/mol. The van der Waals surface area contributed by atoms with Crippen molar-refractivity contribution < 1.29 is 13.2 Å². The lowest BCUT2D eigenvalue weighted by atomic mass is 9.83. The van der Waals surface area contributed by atoms with Crippen LogP contribution in [0.25, 0.3) is 66.8 Å². The summed E-state index contributed by atoms with van der Waals surface area (Å²) in [5.41, 5.74) is 29.0. The van der Waals surface area contributed by atoms with E-state index in [2.05, 4.69) is 360 Å². The highest BCUT2D eigenvalue weighted by Crippen LogP contribution is 2.39. The zero-order chi connectivity index (χ0) is 91.4. The molecule has 1 saturated heterocycles. The summed E-state index contributed by atoms with van der Waals surface area (Å²) in [4.78, 5) is 22.9. The van der Waals surface area contributed by atoms with Crippen molar-refractivity contribution in [3.8, 4) is 66.8 Å². The van der Waals surface area contributed by atoms with Crippen molar-refractivity contribution in [3.63, 3.8) is 0 Å². The molecule has 5 heterocycles. The topological polar surface area (TPSA) is 67.7 Å². The third kappa shape index (κ3) is 32.5. The first kappa shape index (κ1) is 99.4. The molecule has 1 aliphatic heterocycles. The van der Waals surface area contributed by atoms with Gasteiger partial charge in [0.05, 0.1) is 10.6 Å². The number of pyridine rings is 3. The fourth-order valence-corrected chi connectivity index (χ4v) is 15.4. The lowest BCUT2D eigenvalue weighted by molar-refractivity contribution is -0.137. The minimum absolute atomic E-state index is 0.278. The largest absolute Gasteiger partial charge is 0.417 e. The van der Waals surface area contributed by atoms with Crippen LogP contribution in [0.1, 0.15) is 282 Å². The van der Waals surface area contributed by atoms with Gasteiger partial charge in [0.2, 0.25) is 0 Å². The average Bonchev–Trinajstić information content (AvgIpc) is 0.807. The van der Waals surface area contributed by atoms with Gasteiger partial charge in [-0.1, -0.05) is 366 Å².